The highest BCUT2D eigenvalue weighted by Gasteiger charge is 2.21. The normalized spacial score (nSPS) is 21.5. The van der Waals surface area contributed by atoms with Crippen LogP contribution in [0.2, 0.25) is 0 Å². The zero-order valence-corrected chi connectivity index (χ0v) is 13.8. The van der Waals surface area contributed by atoms with Crippen LogP contribution < -0.4 is 5.32 Å². The predicted octanol–water partition coefficient (Wildman–Crippen LogP) is 2.57. The molecule has 1 unspecified atom stereocenters. The summed E-state index contributed by atoms with van der Waals surface area (Å²) in [5.41, 5.74) is 0.268. The summed E-state index contributed by atoms with van der Waals surface area (Å²) in [6.07, 6.45) is 6.74. The fourth-order valence-corrected chi connectivity index (χ4v) is 2.81. The van der Waals surface area contributed by atoms with E-state index in [0.717, 1.165) is 12.6 Å². The van der Waals surface area contributed by atoms with Crippen LogP contribution in [0.1, 0.15) is 52.9 Å². The van der Waals surface area contributed by atoms with Gasteiger partial charge >= 0.3 is 0 Å². The summed E-state index contributed by atoms with van der Waals surface area (Å²) >= 11 is 0. The predicted molar refractivity (Wildman–Crippen MR) is 84.8 cm³/mol. The Balaban J connectivity index is 1.97. The van der Waals surface area contributed by atoms with Crippen molar-refractivity contribution in [3.8, 4) is 0 Å². The zero-order valence-electron chi connectivity index (χ0n) is 13.8. The number of rotatable bonds is 8. The Labute approximate surface area is 120 Å². The fourth-order valence-electron chi connectivity index (χ4n) is 2.81. The van der Waals surface area contributed by atoms with Crippen molar-refractivity contribution in [1.29, 1.82) is 0 Å². The minimum absolute atomic E-state index is 0.268. The van der Waals surface area contributed by atoms with Crippen LogP contribution in [0.15, 0.2) is 0 Å². The molecule has 1 atom stereocenters. The molecule has 0 aromatic carbocycles. The van der Waals surface area contributed by atoms with Crippen molar-refractivity contribution in [2.75, 3.05) is 40.3 Å². The molecule has 0 aromatic rings. The van der Waals surface area contributed by atoms with Gasteiger partial charge in [-0.05, 0) is 80.2 Å². The zero-order chi connectivity index (χ0) is 14.3. The van der Waals surface area contributed by atoms with Crippen LogP contribution in [0.4, 0.5) is 0 Å². The second-order valence-electron chi connectivity index (χ2n) is 7.28. The first kappa shape index (κ1) is 16.9. The Morgan fingerprint density at radius 1 is 1.21 bits per heavy atom. The third kappa shape index (κ3) is 7.91. The molecule has 1 saturated heterocycles. The summed E-state index contributed by atoms with van der Waals surface area (Å²) in [7, 11) is 4.54. The summed E-state index contributed by atoms with van der Waals surface area (Å²) in [6, 6.07) is 0.799. The molecule has 1 fully saturated rings. The maximum Gasteiger partial charge on any atom is 0.0220 e. The van der Waals surface area contributed by atoms with Gasteiger partial charge in [-0.15, -0.1) is 0 Å². The Morgan fingerprint density at radius 2 is 1.95 bits per heavy atom. The lowest BCUT2D eigenvalue weighted by molar-refractivity contribution is 0.217. The first-order valence-corrected chi connectivity index (χ1v) is 8.02. The van der Waals surface area contributed by atoms with Crippen molar-refractivity contribution in [2.45, 2.75) is 64.5 Å². The van der Waals surface area contributed by atoms with Gasteiger partial charge in [-0.1, -0.05) is 6.42 Å². The number of hydrogen-bond donors (Lipinski definition) is 1. The summed E-state index contributed by atoms with van der Waals surface area (Å²) in [5, 5.41) is 3.55. The molecule has 3 nitrogen and oxygen atoms in total. The second-order valence-corrected chi connectivity index (χ2v) is 7.28. The number of hydrogen-bond acceptors (Lipinski definition) is 3. The summed E-state index contributed by atoms with van der Waals surface area (Å²) in [4.78, 5) is 5.04. The van der Waals surface area contributed by atoms with Crippen molar-refractivity contribution in [2.24, 2.45) is 0 Å². The van der Waals surface area contributed by atoms with Gasteiger partial charge in [0, 0.05) is 18.1 Å². The molecule has 0 aromatic heterocycles. The minimum atomic E-state index is 0.268. The van der Waals surface area contributed by atoms with Gasteiger partial charge in [0.2, 0.25) is 0 Å². The second kappa shape index (κ2) is 8.23. The van der Waals surface area contributed by atoms with Gasteiger partial charge in [-0.3, -0.25) is 0 Å². The molecule has 0 aliphatic carbocycles. The monoisotopic (exact) mass is 269 g/mol. The molecule has 0 radical (unpaired) electrons. The first-order chi connectivity index (χ1) is 8.88. The van der Waals surface area contributed by atoms with Crippen LogP contribution in [-0.2, 0) is 0 Å². The van der Waals surface area contributed by atoms with E-state index in [-0.39, 0.29) is 5.54 Å². The van der Waals surface area contributed by atoms with Gasteiger partial charge < -0.3 is 15.1 Å². The van der Waals surface area contributed by atoms with E-state index < -0.39 is 0 Å². The third-order valence-electron chi connectivity index (χ3n) is 4.07. The largest absolute Gasteiger partial charge is 0.312 e. The summed E-state index contributed by atoms with van der Waals surface area (Å²) < 4.78 is 0. The Kier molecular flexibility index (Phi) is 7.33. The molecular weight excluding hydrogens is 234 g/mol. The SMILES string of the molecule is CN(CCCCCNC(C)(C)C)CC1CCCN1C. The smallest absolute Gasteiger partial charge is 0.0220 e. The van der Waals surface area contributed by atoms with Crippen LogP contribution in [0.25, 0.3) is 0 Å². The third-order valence-corrected chi connectivity index (χ3v) is 4.07. The quantitative estimate of drug-likeness (QED) is 0.683. The Hall–Kier alpha value is -0.120. The highest BCUT2D eigenvalue weighted by atomic mass is 15.2. The maximum absolute atomic E-state index is 3.55. The molecule has 1 rings (SSSR count). The molecule has 0 saturated carbocycles. The number of nitrogens with one attached hydrogen (secondary N) is 1. The molecule has 19 heavy (non-hydrogen) atoms. The lowest BCUT2D eigenvalue weighted by Crippen LogP contribution is -2.37. The lowest BCUT2D eigenvalue weighted by Gasteiger charge is -2.25. The van der Waals surface area contributed by atoms with E-state index >= 15 is 0 Å². The van der Waals surface area contributed by atoms with Crippen LogP contribution >= 0.6 is 0 Å². The first-order valence-electron chi connectivity index (χ1n) is 8.02. The van der Waals surface area contributed by atoms with E-state index in [0.29, 0.717) is 0 Å². The van der Waals surface area contributed by atoms with Crippen molar-refractivity contribution < 1.29 is 0 Å². The molecule has 0 spiro atoms. The molecule has 1 heterocycles. The van der Waals surface area contributed by atoms with Crippen molar-refractivity contribution in [3.05, 3.63) is 0 Å². The number of nitrogens with zero attached hydrogens (tertiary/aromatic N) is 2. The molecular formula is C16H35N3. The van der Waals surface area contributed by atoms with Gasteiger partial charge in [-0.2, -0.15) is 0 Å². The highest BCUT2D eigenvalue weighted by molar-refractivity contribution is 4.78. The molecule has 1 N–H and O–H groups in total. The average Bonchev–Trinajstić information content (AvgIpc) is 2.68. The van der Waals surface area contributed by atoms with Crippen LogP contribution in [0, 0.1) is 0 Å². The van der Waals surface area contributed by atoms with E-state index in [1.165, 1.54) is 51.7 Å². The van der Waals surface area contributed by atoms with E-state index in [9.17, 15) is 0 Å². The van der Waals surface area contributed by atoms with E-state index in [1.807, 2.05) is 0 Å². The summed E-state index contributed by atoms with van der Waals surface area (Å²) in [6.45, 7) is 11.6. The number of likely N-dealkylation sites (tertiary alicyclic amines) is 1. The van der Waals surface area contributed by atoms with E-state index in [1.54, 1.807) is 0 Å². The molecule has 0 amide bonds. The van der Waals surface area contributed by atoms with Gasteiger partial charge in [0.1, 0.15) is 0 Å². The van der Waals surface area contributed by atoms with Crippen molar-refractivity contribution >= 4 is 0 Å². The van der Waals surface area contributed by atoms with E-state index in [4.69, 9.17) is 0 Å². The molecule has 114 valence electrons. The minimum Gasteiger partial charge on any atom is -0.312 e. The molecule has 1 aliphatic rings. The molecule has 1 aliphatic heterocycles. The van der Waals surface area contributed by atoms with Gasteiger partial charge in [0.05, 0.1) is 0 Å². The summed E-state index contributed by atoms with van der Waals surface area (Å²) in [5.74, 6) is 0. The lowest BCUT2D eigenvalue weighted by atomic mass is 10.1. The van der Waals surface area contributed by atoms with E-state index in [2.05, 4.69) is 50.0 Å². The van der Waals surface area contributed by atoms with Crippen molar-refractivity contribution in [3.63, 3.8) is 0 Å². The highest BCUT2D eigenvalue weighted by Crippen LogP contribution is 2.15. The van der Waals surface area contributed by atoms with Crippen LogP contribution in [0.5, 0.6) is 0 Å². The fraction of sp³-hybridized carbons (Fsp3) is 1.00. The Bertz CT molecular complexity index is 235. The number of likely N-dealkylation sites (N-methyl/N-ethyl adjacent to an activating group) is 2. The molecule has 0 bridgehead atoms. The van der Waals surface area contributed by atoms with Crippen LogP contribution in [-0.4, -0.2) is 61.7 Å². The topological polar surface area (TPSA) is 18.5 Å². The van der Waals surface area contributed by atoms with Crippen molar-refractivity contribution in [1.82, 2.24) is 15.1 Å². The average molecular weight is 269 g/mol. The number of unbranched alkanes of at least 4 members (excludes halogenated alkanes) is 2. The van der Waals surface area contributed by atoms with Gasteiger partial charge in [0.15, 0.2) is 0 Å². The molecule has 3 heteroatoms. The Morgan fingerprint density at radius 3 is 2.53 bits per heavy atom. The van der Waals surface area contributed by atoms with Gasteiger partial charge in [-0.25, -0.2) is 0 Å². The van der Waals surface area contributed by atoms with Crippen LogP contribution in [0.3, 0.4) is 0 Å². The van der Waals surface area contributed by atoms with Gasteiger partial charge in [0.25, 0.3) is 0 Å². The maximum atomic E-state index is 3.55. The standard InChI is InChI=1S/C16H35N3/c1-16(2,3)17-11-7-6-8-12-18(4)14-15-10-9-13-19(15)5/h15,17H,6-14H2,1-5H3.